The summed E-state index contributed by atoms with van der Waals surface area (Å²) < 4.78 is 0. The minimum Gasteiger partial charge on any atom is -0.578 e. The summed E-state index contributed by atoms with van der Waals surface area (Å²) in [7, 11) is 0. The molecular weight excluding hydrogens is 477 g/mol. The number of halogens is 1. The number of ketones is 1. The Labute approximate surface area is 231 Å². The van der Waals surface area contributed by atoms with Crippen molar-refractivity contribution in [2.45, 2.75) is 29.8 Å². The number of anilines is 2. The Balaban J connectivity index is 0.00000324. The molecule has 0 aliphatic carbocycles. The van der Waals surface area contributed by atoms with E-state index in [0.717, 1.165) is 35.8 Å². The molecule has 1 aliphatic rings. The first kappa shape index (κ1) is 26.4. The number of amidine groups is 1. The standard InChI is InChI=1S/C25H22ClN5OS.Na/c1-2-5-22(27)28-23-16-24(31-12-4-13-31)30-25(29-23)33-20-10-8-17(9-11-20)14-21(32)18-6-3-7-19(26)15-18;/h3,5-11,15-16H,4,12-14H2,1H3,(H-,27,28,29,30);/q-2;+1. The van der Waals surface area contributed by atoms with E-state index in [-0.39, 0.29) is 41.2 Å². The number of Topliss-reactive ketones (excluding diaryl/α,β-unsaturated/α-hetero) is 1. The molecule has 2 aromatic carbocycles. The van der Waals surface area contributed by atoms with Crippen LogP contribution >= 0.6 is 23.4 Å². The van der Waals surface area contributed by atoms with E-state index in [9.17, 15) is 10.2 Å². The molecule has 1 aromatic heterocycles. The van der Waals surface area contributed by atoms with Crippen molar-refractivity contribution < 1.29 is 34.4 Å². The molecule has 0 atom stereocenters. The molecular formula is C25H22ClN5NaOS-. The molecule has 4 rings (SSSR count). The monoisotopic (exact) mass is 498 g/mol. The smallest absolute Gasteiger partial charge is 0.578 e. The molecule has 0 saturated carbocycles. The molecule has 9 heteroatoms. The maximum Gasteiger partial charge on any atom is 1.00 e. The molecule has 0 amide bonds. The van der Waals surface area contributed by atoms with Gasteiger partial charge in [-0.15, -0.1) is 6.92 Å². The number of aromatic nitrogens is 2. The van der Waals surface area contributed by atoms with Crippen LogP contribution in [-0.4, -0.2) is 34.7 Å². The fourth-order valence-electron chi connectivity index (χ4n) is 3.26. The molecule has 168 valence electrons. The molecule has 34 heavy (non-hydrogen) atoms. The molecule has 1 N–H and O–H groups in total. The molecule has 2 heterocycles. The minimum absolute atomic E-state index is 0. The van der Waals surface area contributed by atoms with Crippen molar-refractivity contribution in [2.24, 2.45) is 0 Å². The van der Waals surface area contributed by atoms with Crippen LogP contribution in [0.3, 0.4) is 0 Å². The molecule has 6 nitrogen and oxygen atoms in total. The summed E-state index contributed by atoms with van der Waals surface area (Å²) in [4.78, 5) is 24.9. The third-order valence-electron chi connectivity index (χ3n) is 5.05. The van der Waals surface area contributed by atoms with Gasteiger partial charge in [0.2, 0.25) is 0 Å². The van der Waals surface area contributed by atoms with Gasteiger partial charge in [0.1, 0.15) is 5.82 Å². The van der Waals surface area contributed by atoms with E-state index in [2.05, 4.69) is 26.3 Å². The van der Waals surface area contributed by atoms with E-state index in [1.165, 1.54) is 17.8 Å². The van der Waals surface area contributed by atoms with Crippen molar-refractivity contribution in [2.75, 3.05) is 23.3 Å². The molecule has 1 saturated heterocycles. The Morgan fingerprint density at radius 2 is 1.97 bits per heavy atom. The second-order valence-corrected chi connectivity index (χ2v) is 9.01. The van der Waals surface area contributed by atoms with Crippen molar-refractivity contribution in [3.8, 4) is 0 Å². The van der Waals surface area contributed by atoms with Crippen LogP contribution in [0.4, 0.5) is 11.6 Å². The zero-order valence-electron chi connectivity index (χ0n) is 19.1. The van der Waals surface area contributed by atoms with Crippen LogP contribution in [-0.2, 0) is 6.42 Å². The first-order valence-electron chi connectivity index (χ1n) is 10.5. The third-order valence-corrected chi connectivity index (χ3v) is 6.16. The average molecular weight is 499 g/mol. The minimum atomic E-state index is -0.0320. The summed E-state index contributed by atoms with van der Waals surface area (Å²) in [5.74, 6) is 1.33. The fourth-order valence-corrected chi connectivity index (χ4v) is 4.22. The van der Waals surface area contributed by atoms with Gasteiger partial charge >= 0.3 is 29.6 Å². The summed E-state index contributed by atoms with van der Waals surface area (Å²) in [5.41, 5.74) is 1.52. The summed E-state index contributed by atoms with van der Waals surface area (Å²) in [6, 6.07) is 16.6. The number of nitrogens with one attached hydrogen (secondary N) is 1. The van der Waals surface area contributed by atoms with E-state index >= 15 is 0 Å². The Kier molecular flexibility index (Phi) is 9.74. The van der Waals surface area contributed by atoms with E-state index in [0.29, 0.717) is 28.0 Å². The van der Waals surface area contributed by atoms with Gasteiger partial charge in [0, 0.05) is 46.9 Å². The largest absolute Gasteiger partial charge is 1.00 e. The van der Waals surface area contributed by atoms with Gasteiger partial charge in [0.25, 0.3) is 0 Å². The van der Waals surface area contributed by atoms with Gasteiger partial charge in [0.05, 0.1) is 0 Å². The van der Waals surface area contributed by atoms with Crippen LogP contribution < -0.4 is 39.8 Å². The van der Waals surface area contributed by atoms with Crippen molar-refractivity contribution in [1.29, 1.82) is 0 Å². The van der Waals surface area contributed by atoms with Crippen LogP contribution in [0.1, 0.15) is 29.3 Å². The quantitative estimate of drug-likeness (QED) is 0.128. The van der Waals surface area contributed by atoms with Crippen LogP contribution in [0.2, 0.25) is 5.02 Å². The Morgan fingerprint density at radius 1 is 1.21 bits per heavy atom. The van der Waals surface area contributed by atoms with Gasteiger partial charge in [-0.2, -0.15) is 0 Å². The van der Waals surface area contributed by atoms with Crippen LogP contribution in [0.5, 0.6) is 0 Å². The molecule has 1 fully saturated rings. The number of nitrogens with zero attached hydrogens (tertiary/aromatic N) is 4. The zero-order chi connectivity index (χ0) is 23.2. The first-order valence-corrected chi connectivity index (χ1v) is 11.7. The molecule has 0 spiro atoms. The number of benzene rings is 2. The van der Waals surface area contributed by atoms with Crippen molar-refractivity contribution in [3.05, 3.63) is 88.3 Å². The molecule has 0 unspecified atom stereocenters. The molecule has 0 bridgehead atoms. The predicted octanol–water partition coefficient (Wildman–Crippen LogP) is 2.68. The Morgan fingerprint density at radius 3 is 2.62 bits per heavy atom. The topological polar surface area (TPSA) is 80.4 Å². The summed E-state index contributed by atoms with van der Waals surface area (Å²) in [5, 5.41) is 14.0. The maximum absolute atomic E-state index is 12.5. The van der Waals surface area contributed by atoms with Crippen molar-refractivity contribution in [3.63, 3.8) is 0 Å². The Hall–Kier alpha value is -2.16. The van der Waals surface area contributed by atoms with Gasteiger partial charge in [-0.25, -0.2) is 21.9 Å². The molecule has 1 aliphatic heterocycles. The summed E-state index contributed by atoms with van der Waals surface area (Å²) in [6.45, 7) is 3.61. The normalized spacial score (nSPS) is 12.7. The zero-order valence-corrected chi connectivity index (χ0v) is 22.7. The SMILES string of the molecule is C[C-]=CC(=[N-])Nc1cc(N2CCC2)nc(Sc2ccc(CC(=O)c3cccc(Cl)c3)cc2)n1.[Na+]. The van der Waals surface area contributed by atoms with E-state index in [1.807, 2.05) is 30.3 Å². The van der Waals surface area contributed by atoms with Gasteiger partial charge in [-0.1, -0.05) is 35.9 Å². The maximum atomic E-state index is 12.5. The number of carbonyl (C=O) groups excluding carboxylic acids is 1. The van der Waals surface area contributed by atoms with E-state index < -0.39 is 0 Å². The summed E-state index contributed by atoms with van der Waals surface area (Å²) >= 11 is 7.42. The number of hydrogen-bond donors (Lipinski definition) is 1. The van der Waals surface area contributed by atoms with Crippen molar-refractivity contribution >= 4 is 46.6 Å². The first-order chi connectivity index (χ1) is 16.0. The third kappa shape index (κ3) is 7.17. The second kappa shape index (κ2) is 12.5. The average Bonchev–Trinajstić information content (AvgIpc) is 2.74. The van der Waals surface area contributed by atoms with Crippen LogP contribution in [0.25, 0.3) is 5.41 Å². The van der Waals surface area contributed by atoms with Gasteiger partial charge in [-0.3, -0.25) is 10.9 Å². The van der Waals surface area contributed by atoms with Crippen LogP contribution in [0, 0.1) is 6.08 Å². The van der Waals surface area contributed by atoms with Gasteiger partial charge in [0.15, 0.2) is 10.9 Å². The second-order valence-electron chi connectivity index (χ2n) is 7.53. The fraction of sp³-hybridized carbons (Fsp3) is 0.200. The van der Waals surface area contributed by atoms with E-state index in [1.54, 1.807) is 31.2 Å². The van der Waals surface area contributed by atoms with Crippen LogP contribution in [0.15, 0.2) is 70.7 Å². The number of rotatable bonds is 8. The van der Waals surface area contributed by atoms with E-state index in [4.69, 9.17) is 11.6 Å². The van der Waals surface area contributed by atoms with Gasteiger partial charge in [-0.05, 0) is 48.0 Å². The number of allylic oxidation sites excluding steroid dienone is 1. The molecule has 3 aromatic rings. The summed E-state index contributed by atoms with van der Waals surface area (Å²) in [6.07, 6.45) is 5.65. The number of hydrogen-bond acceptors (Lipinski definition) is 5. The number of carbonyl (C=O) groups is 1. The molecule has 0 radical (unpaired) electrons. The predicted molar refractivity (Wildman–Crippen MR) is 134 cm³/mol. The van der Waals surface area contributed by atoms with Gasteiger partial charge < -0.3 is 15.6 Å². The Bertz CT molecular complexity index is 1200. The van der Waals surface area contributed by atoms with Crippen molar-refractivity contribution in [1.82, 2.24) is 9.97 Å².